The molecule has 2 heterocycles. The highest BCUT2D eigenvalue weighted by Gasteiger charge is 2.20. The minimum atomic E-state index is 0.466. The predicted molar refractivity (Wildman–Crippen MR) is 36.4 cm³/mol. The molecule has 0 aliphatic carbocycles. The van der Waals surface area contributed by atoms with E-state index in [0.717, 1.165) is 12.2 Å². The zero-order chi connectivity index (χ0) is 6.97. The van der Waals surface area contributed by atoms with Gasteiger partial charge in [0.1, 0.15) is 0 Å². The number of aromatic nitrogens is 3. The summed E-state index contributed by atoms with van der Waals surface area (Å²) in [5, 5.41) is 11.4. The molecule has 0 radical (unpaired) electrons. The van der Waals surface area contributed by atoms with Gasteiger partial charge in [-0.15, -0.1) is 0 Å². The molecule has 1 aromatic rings. The molecule has 4 heteroatoms. The van der Waals surface area contributed by atoms with Gasteiger partial charge in [0.05, 0.1) is 17.9 Å². The lowest BCUT2D eigenvalue weighted by Gasteiger charge is -2.24. The van der Waals surface area contributed by atoms with Crippen molar-refractivity contribution >= 4 is 0 Å². The Kier molecular flexibility index (Phi) is 1.20. The molecule has 0 spiro atoms. The van der Waals surface area contributed by atoms with Crippen LogP contribution in [0.15, 0.2) is 6.20 Å². The highest BCUT2D eigenvalue weighted by molar-refractivity contribution is 5.03. The number of aryl methyl sites for hydroxylation is 1. The molecule has 1 unspecified atom stereocenters. The first-order valence-corrected chi connectivity index (χ1v) is 3.46. The molecule has 0 saturated carbocycles. The summed E-state index contributed by atoms with van der Waals surface area (Å²) in [6.45, 7) is 1.11. The highest BCUT2D eigenvalue weighted by Crippen LogP contribution is 2.18. The monoisotopic (exact) mass is 138 g/mol. The normalized spacial score (nSPS) is 24.3. The number of hydrogen-bond donors (Lipinski definition) is 1. The third-order valence-corrected chi connectivity index (χ3v) is 1.80. The predicted octanol–water partition coefficient (Wildman–Crippen LogP) is -0.151. The molecule has 54 valence electrons. The maximum absolute atomic E-state index is 4.18. The van der Waals surface area contributed by atoms with E-state index < -0.39 is 0 Å². The second-order valence-corrected chi connectivity index (χ2v) is 2.55. The Bertz CT molecular complexity index is 225. The first-order chi connectivity index (χ1) is 4.86. The molecule has 4 nitrogen and oxygen atoms in total. The van der Waals surface area contributed by atoms with E-state index in [2.05, 4.69) is 15.5 Å². The molecule has 1 aliphatic rings. The fourth-order valence-electron chi connectivity index (χ4n) is 1.06. The minimum absolute atomic E-state index is 0.466. The van der Waals surface area contributed by atoms with Gasteiger partial charge in [0, 0.05) is 7.05 Å². The molecule has 10 heavy (non-hydrogen) atoms. The van der Waals surface area contributed by atoms with Crippen molar-refractivity contribution in [3.8, 4) is 0 Å². The van der Waals surface area contributed by atoms with Gasteiger partial charge in [-0.05, 0) is 13.0 Å². The lowest BCUT2D eigenvalue weighted by molar-refractivity contribution is 0.372. The molecule has 0 amide bonds. The molecule has 1 N–H and O–H groups in total. The summed E-state index contributed by atoms with van der Waals surface area (Å²) in [5.74, 6) is 0. The molecule has 1 aliphatic heterocycles. The summed E-state index contributed by atoms with van der Waals surface area (Å²) >= 11 is 0. The van der Waals surface area contributed by atoms with Gasteiger partial charge >= 0.3 is 0 Å². The average molecular weight is 138 g/mol. The van der Waals surface area contributed by atoms with Crippen molar-refractivity contribution in [2.75, 3.05) is 6.54 Å². The van der Waals surface area contributed by atoms with Crippen LogP contribution in [0.1, 0.15) is 18.2 Å². The molecule has 0 aromatic carbocycles. The molecular weight excluding hydrogens is 128 g/mol. The lowest BCUT2D eigenvalue weighted by atomic mass is 10.1. The number of hydrogen-bond acceptors (Lipinski definition) is 3. The molecule has 2 rings (SSSR count). The molecular formula is C6H10N4. The van der Waals surface area contributed by atoms with E-state index in [1.165, 1.54) is 6.42 Å². The van der Waals surface area contributed by atoms with Crippen molar-refractivity contribution < 1.29 is 0 Å². The first kappa shape index (κ1) is 5.85. The SMILES string of the molecule is Cn1ncc(C2CCN2)n1. The van der Waals surface area contributed by atoms with Crippen LogP contribution in [0.3, 0.4) is 0 Å². The smallest absolute Gasteiger partial charge is 0.0996 e. The fourth-order valence-corrected chi connectivity index (χ4v) is 1.06. The van der Waals surface area contributed by atoms with Gasteiger partial charge in [-0.2, -0.15) is 15.0 Å². The molecule has 1 atom stereocenters. The lowest BCUT2D eigenvalue weighted by Crippen LogP contribution is -2.35. The Labute approximate surface area is 59.2 Å². The van der Waals surface area contributed by atoms with E-state index in [9.17, 15) is 0 Å². The Hall–Kier alpha value is -0.900. The Morgan fingerprint density at radius 1 is 1.80 bits per heavy atom. The van der Waals surface area contributed by atoms with Crippen molar-refractivity contribution in [3.63, 3.8) is 0 Å². The van der Waals surface area contributed by atoms with Gasteiger partial charge in [-0.1, -0.05) is 0 Å². The van der Waals surface area contributed by atoms with Gasteiger partial charge < -0.3 is 5.32 Å². The van der Waals surface area contributed by atoms with Crippen molar-refractivity contribution in [2.45, 2.75) is 12.5 Å². The highest BCUT2D eigenvalue weighted by atomic mass is 15.5. The average Bonchev–Trinajstić information content (AvgIpc) is 2.10. The molecule has 1 saturated heterocycles. The van der Waals surface area contributed by atoms with E-state index in [4.69, 9.17) is 0 Å². The maximum Gasteiger partial charge on any atom is 0.0996 e. The minimum Gasteiger partial charge on any atom is -0.308 e. The van der Waals surface area contributed by atoms with Gasteiger partial charge in [0.2, 0.25) is 0 Å². The fraction of sp³-hybridized carbons (Fsp3) is 0.667. The van der Waals surface area contributed by atoms with E-state index in [-0.39, 0.29) is 0 Å². The summed E-state index contributed by atoms with van der Waals surface area (Å²) in [4.78, 5) is 1.59. The second-order valence-electron chi connectivity index (χ2n) is 2.55. The zero-order valence-corrected chi connectivity index (χ0v) is 5.91. The van der Waals surface area contributed by atoms with E-state index >= 15 is 0 Å². The van der Waals surface area contributed by atoms with Crippen molar-refractivity contribution in [1.82, 2.24) is 20.3 Å². The molecule has 1 aromatic heterocycles. The van der Waals surface area contributed by atoms with E-state index in [1.54, 1.807) is 4.80 Å². The molecule has 1 fully saturated rings. The Morgan fingerprint density at radius 3 is 3.00 bits per heavy atom. The van der Waals surface area contributed by atoms with Crippen LogP contribution in [0.25, 0.3) is 0 Å². The summed E-state index contributed by atoms with van der Waals surface area (Å²) in [7, 11) is 1.84. The van der Waals surface area contributed by atoms with Crippen LogP contribution in [-0.4, -0.2) is 21.5 Å². The Morgan fingerprint density at radius 2 is 2.60 bits per heavy atom. The van der Waals surface area contributed by atoms with Crippen LogP contribution in [0.4, 0.5) is 0 Å². The summed E-state index contributed by atoms with van der Waals surface area (Å²) in [6, 6.07) is 0.466. The van der Waals surface area contributed by atoms with E-state index in [1.807, 2.05) is 13.2 Å². The van der Waals surface area contributed by atoms with Gasteiger partial charge in [-0.3, -0.25) is 0 Å². The van der Waals surface area contributed by atoms with Crippen LogP contribution in [0.5, 0.6) is 0 Å². The van der Waals surface area contributed by atoms with Crippen LogP contribution in [-0.2, 0) is 7.05 Å². The third kappa shape index (κ3) is 0.806. The van der Waals surface area contributed by atoms with E-state index in [0.29, 0.717) is 6.04 Å². The number of rotatable bonds is 1. The summed E-state index contributed by atoms with van der Waals surface area (Å²) < 4.78 is 0. The zero-order valence-electron chi connectivity index (χ0n) is 5.91. The van der Waals surface area contributed by atoms with Crippen LogP contribution in [0.2, 0.25) is 0 Å². The summed E-state index contributed by atoms with van der Waals surface area (Å²) in [5.41, 5.74) is 1.06. The van der Waals surface area contributed by atoms with Crippen LogP contribution < -0.4 is 5.32 Å². The maximum atomic E-state index is 4.18. The quantitative estimate of drug-likeness (QED) is 0.587. The summed E-state index contributed by atoms with van der Waals surface area (Å²) in [6.07, 6.45) is 3.01. The van der Waals surface area contributed by atoms with Crippen molar-refractivity contribution in [2.24, 2.45) is 7.05 Å². The van der Waals surface area contributed by atoms with Crippen LogP contribution >= 0.6 is 0 Å². The molecule has 0 bridgehead atoms. The van der Waals surface area contributed by atoms with Crippen molar-refractivity contribution in [3.05, 3.63) is 11.9 Å². The Balaban J connectivity index is 2.17. The van der Waals surface area contributed by atoms with Gasteiger partial charge in [0.15, 0.2) is 0 Å². The van der Waals surface area contributed by atoms with Crippen LogP contribution in [0, 0.1) is 0 Å². The number of nitrogens with zero attached hydrogens (tertiary/aromatic N) is 3. The van der Waals surface area contributed by atoms with Gasteiger partial charge in [-0.25, -0.2) is 0 Å². The standard InChI is InChI=1S/C6H10N4/c1-10-8-4-6(9-10)5-2-3-7-5/h4-5,7H,2-3H2,1H3. The largest absolute Gasteiger partial charge is 0.308 e. The first-order valence-electron chi connectivity index (χ1n) is 3.46. The third-order valence-electron chi connectivity index (χ3n) is 1.80. The van der Waals surface area contributed by atoms with Gasteiger partial charge in [0.25, 0.3) is 0 Å². The van der Waals surface area contributed by atoms with Crippen molar-refractivity contribution in [1.29, 1.82) is 0 Å². The topological polar surface area (TPSA) is 42.7 Å². The number of nitrogens with one attached hydrogen (secondary N) is 1. The second kappa shape index (κ2) is 2.05.